The molecule has 0 atom stereocenters. The van der Waals surface area contributed by atoms with Gasteiger partial charge in [-0.05, 0) is 20.8 Å². The molecule has 6 heteroatoms. The Morgan fingerprint density at radius 2 is 2.18 bits per heavy atom. The van der Waals surface area contributed by atoms with Crippen LogP contribution in [0.15, 0.2) is 12.3 Å². The molecule has 6 nitrogen and oxygen atoms in total. The predicted octanol–water partition coefficient (Wildman–Crippen LogP) is 1.38. The Bertz CT molecular complexity index is 416. The lowest BCUT2D eigenvalue weighted by molar-refractivity contribution is -0.000466. The molecule has 1 aromatic heterocycles. The van der Waals surface area contributed by atoms with Gasteiger partial charge < -0.3 is 14.7 Å². The van der Waals surface area contributed by atoms with Crippen LogP contribution in [0.4, 0.5) is 4.79 Å². The fraction of sp³-hybridized carbons (Fsp3) is 0.636. The first-order valence-corrected chi connectivity index (χ1v) is 5.57. The minimum absolute atomic E-state index is 0.000665. The second-order valence-corrected chi connectivity index (χ2v) is 5.19. The second-order valence-electron chi connectivity index (χ2n) is 5.19. The Hall–Kier alpha value is -1.72. The summed E-state index contributed by atoms with van der Waals surface area (Å²) in [7, 11) is 0. The zero-order chi connectivity index (χ0) is 12.6. The molecular formula is C11H17N3O3. The van der Waals surface area contributed by atoms with Gasteiger partial charge in [0.2, 0.25) is 5.88 Å². The van der Waals surface area contributed by atoms with Gasteiger partial charge in [-0.3, -0.25) is 4.68 Å². The molecule has 0 unspecified atom stereocenters. The molecule has 1 aliphatic heterocycles. The van der Waals surface area contributed by atoms with Crippen LogP contribution < -0.4 is 0 Å². The standard InChI is InChI=1S/C11H17N3O3/c1-11(2,3)17-10(16)13-6-8(7-13)14-5-4-9(15)12-14/h4-5,8H,6-7H2,1-3H3,(H,12,15). The summed E-state index contributed by atoms with van der Waals surface area (Å²) in [6.07, 6.45) is 1.40. The van der Waals surface area contributed by atoms with E-state index in [4.69, 9.17) is 9.84 Å². The highest BCUT2D eigenvalue weighted by Crippen LogP contribution is 2.23. The summed E-state index contributed by atoms with van der Waals surface area (Å²) in [6, 6.07) is 1.65. The number of rotatable bonds is 1. The van der Waals surface area contributed by atoms with Crippen molar-refractivity contribution in [2.45, 2.75) is 32.4 Å². The predicted molar refractivity (Wildman–Crippen MR) is 60.7 cm³/mol. The molecule has 0 saturated carbocycles. The van der Waals surface area contributed by atoms with Crippen LogP contribution in [-0.4, -0.2) is 44.6 Å². The van der Waals surface area contributed by atoms with E-state index in [-0.39, 0.29) is 18.0 Å². The van der Waals surface area contributed by atoms with Gasteiger partial charge in [0.15, 0.2) is 0 Å². The molecule has 1 fully saturated rings. The zero-order valence-corrected chi connectivity index (χ0v) is 10.3. The van der Waals surface area contributed by atoms with E-state index < -0.39 is 5.60 Å². The van der Waals surface area contributed by atoms with Crippen LogP contribution in [0.3, 0.4) is 0 Å². The van der Waals surface area contributed by atoms with Gasteiger partial charge in [-0.25, -0.2) is 4.79 Å². The number of carbonyl (C=O) groups excluding carboxylic acids is 1. The molecule has 1 saturated heterocycles. The molecule has 0 spiro atoms. The minimum Gasteiger partial charge on any atom is -0.492 e. The van der Waals surface area contributed by atoms with E-state index in [1.54, 1.807) is 15.8 Å². The van der Waals surface area contributed by atoms with E-state index in [2.05, 4.69) is 5.10 Å². The maximum atomic E-state index is 11.6. The third-order valence-corrected chi connectivity index (χ3v) is 2.48. The molecule has 1 N–H and O–H groups in total. The molecule has 1 amide bonds. The van der Waals surface area contributed by atoms with Crippen molar-refractivity contribution >= 4 is 6.09 Å². The van der Waals surface area contributed by atoms with Crippen LogP contribution in [-0.2, 0) is 4.74 Å². The SMILES string of the molecule is CC(C)(C)OC(=O)N1CC(n2ccc(O)n2)C1. The van der Waals surface area contributed by atoms with Crippen molar-refractivity contribution in [3.05, 3.63) is 12.3 Å². The molecule has 1 aromatic rings. The van der Waals surface area contributed by atoms with Gasteiger partial charge in [-0.1, -0.05) is 0 Å². The summed E-state index contributed by atoms with van der Waals surface area (Å²) in [5.74, 6) is 0.000665. The summed E-state index contributed by atoms with van der Waals surface area (Å²) >= 11 is 0. The number of likely N-dealkylation sites (tertiary alicyclic amines) is 1. The minimum atomic E-state index is -0.466. The maximum Gasteiger partial charge on any atom is 0.410 e. The molecule has 0 aliphatic carbocycles. The first-order valence-electron chi connectivity index (χ1n) is 5.57. The Morgan fingerprint density at radius 1 is 1.53 bits per heavy atom. The molecule has 2 rings (SSSR count). The Kier molecular flexibility index (Phi) is 2.73. The quantitative estimate of drug-likeness (QED) is 0.804. The Balaban J connectivity index is 1.85. The van der Waals surface area contributed by atoms with Crippen molar-refractivity contribution in [3.8, 4) is 5.88 Å². The highest BCUT2D eigenvalue weighted by molar-refractivity contribution is 5.69. The van der Waals surface area contributed by atoms with Crippen molar-refractivity contribution in [1.29, 1.82) is 0 Å². The number of nitrogens with zero attached hydrogens (tertiary/aromatic N) is 3. The van der Waals surface area contributed by atoms with Crippen molar-refractivity contribution in [2.75, 3.05) is 13.1 Å². The second kappa shape index (κ2) is 3.94. The molecule has 17 heavy (non-hydrogen) atoms. The number of aromatic hydroxyl groups is 1. The van der Waals surface area contributed by atoms with E-state index in [9.17, 15) is 4.79 Å². The van der Waals surface area contributed by atoms with Crippen molar-refractivity contribution < 1.29 is 14.6 Å². The Labute approximate surface area is 99.8 Å². The van der Waals surface area contributed by atoms with Gasteiger partial charge >= 0.3 is 6.09 Å². The smallest absolute Gasteiger partial charge is 0.410 e. The topological polar surface area (TPSA) is 67.6 Å². The highest BCUT2D eigenvalue weighted by atomic mass is 16.6. The first-order chi connectivity index (χ1) is 7.85. The van der Waals surface area contributed by atoms with Crippen LogP contribution in [0.5, 0.6) is 5.88 Å². The lowest BCUT2D eigenvalue weighted by Crippen LogP contribution is -2.52. The number of hydrogen-bond acceptors (Lipinski definition) is 4. The van der Waals surface area contributed by atoms with Crippen molar-refractivity contribution in [1.82, 2.24) is 14.7 Å². The largest absolute Gasteiger partial charge is 0.492 e. The summed E-state index contributed by atoms with van der Waals surface area (Å²) < 4.78 is 6.90. The molecule has 0 bridgehead atoms. The van der Waals surface area contributed by atoms with Crippen LogP contribution in [0.1, 0.15) is 26.8 Å². The van der Waals surface area contributed by atoms with Crippen molar-refractivity contribution in [2.24, 2.45) is 0 Å². The zero-order valence-electron chi connectivity index (χ0n) is 10.3. The Morgan fingerprint density at radius 3 is 2.65 bits per heavy atom. The lowest BCUT2D eigenvalue weighted by Gasteiger charge is -2.39. The van der Waals surface area contributed by atoms with Crippen LogP contribution in [0.25, 0.3) is 0 Å². The summed E-state index contributed by atoms with van der Waals surface area (Å²) in [5, 5.41) is 13.0. The molecule has 1 aliphatic rings. The van der Waals surface area contributed by atoms with Gasteiger partial charge in [0.05, 0.1) is 6.04 Å². The average Bonchev–Trinajstić information content (AvgIpc) is 2.45. The number of ether oxygens (including phenoxy) is 1. The molecule has 94 valence electrons. The van der Waals surface area contributed by atoms with E-state index in [0.717, 1.165) is 0 Å². The van der Waals surface area contributed by atoms with E-state index >= 15 is 0 Å². The van der Waals surface area contributed by atoms with Gasteiger partial charge in [0, 0.05) is 25.4 Å². The van der Waals surface area contributed by atoms with Gasteiger partial charge in [0.25, 0.3) is 0 Å². The third kappa shape index (κ3) is 2.69. The molecular weight excluding hydrogens is 222 g/mol. The van der Waals surface area contributed by atoms with Crippen molar-refractivity contribution in [3.63, 3.8) is 0 Å². The number of hydrogen-bond donors (Lipinski definition) is 1. The fourth-order valence-corrected chi connectivity index (χ4v) is 1.63. The molecule has 2 heterocycles. The molecule has 0 radical (unpaired) electrons. The maximum absolute atomic E-state index is 11.6. The number of amides is 1. The normalized spacial score (nSPS) is 16.8. The third-order valence-electron chi connectivity index (χ3n) is 2.48. The lowest BCUT2D eigenvalue weighted by atomic mass is 10.1. The van der Waals surface area contributed by atoms with Crippen LogP contribution >= 0.6 is 0 Å². The number of carbonyl (C=O) groups is 1. The summed E-state index contributed by atoms with van der Waals surface area (Å²) in [6.45, 7) is 6.65. The monoisotopic (exact) mass is 239 g/mol. The first kappa shape index (κ1) is 11.8. The average molecular weight is 239 g/mol. The van der Waals surface area contributed by atoms with Gasteiger partial charge in [-0.15, -0.1) is 5.10 Å². The van der Waals surface area contributed by atoms with E-state index in [1.165, 1.54) is 6.07 Å². The van der Waals surface area contributed by atoms with Gasteiger partial charge in [-0.2, -0.15) is 0 Å². The highest BCUT2D eigenvalue weighted by Gasteiger charge is 2.35. The molecule has 0 aromatic carbocycles. The van der Waals surface area contributed by atoms with Crippen LogP contribution in [0.2, 0.25) is 0 Å². The van der Waals surface area contributed by atoms with E-state index in [0.29, 0.717) is 13.1 Å². The van der Waals surface area contributed by atoms with E-state index in [1.807, 2.05) is 20.8 Å². The fourth-order valence-electron chi connectivity index (χ4n) is 1.63. The summed E-state index contributed by atoms with van der Waals surface area (Å²) in [4.78, 5) is 13.3. The number of aromatic nitrogens is 2. The van der Waals surface area contributed by atoms with Gasteiger partial charge in [0.1, 0.15) is 5.60 Å². The summed E-state index contributed by atoms with van der Waals surface area (Å²) in [5.41, 5.74) is -0.466. The van der Waals surface area contributed by atoms with Crippen LogP contribution in [0, 0.1) is 0 Å².